The number of carbonyl (C=O) groups is 1. The van der Waals surface area contributed by atoms with E-state index in [2.05, 4.69) is 6.07 Å². The number of primary amides is 1. The normalized spacial score (nSPS) is 13.5. The summed E-state index contributed by atoms with van der Waals surface area (Å²) in [5, 5.41) is 2.14. The molecule has 0 fully saturated rings. The topological polar surface area (TPSA) is 78.9 Å². The standard InChI is InChI=1S/C19H13N3O3/c20-19(23)25-17-10-24-9-13-8-22-7-12-5-11-3-1-2-4-15(11)21-18(12)16(22)6-14(13)17/h1-8,10H,9H2,(H2,20,23). The minimum absolute atomic E-state index is 0.311. The third-order valence-corrected chi connectivity index (χ3v) is 4.38. The van der Waals surface area contributed by atoms with Gasteiger partial charge in [-0.1, -0.05) is 18.2 Å². The molecule has 3 aromatic heterocycles. The van der Waals surface area contributed by atoms with Gasteiger partial charge in [-0.2, -0.15) is 0 Å². The summed E-state index contributed by atoms with van der Waals surface area (Å²) < 4.78 is 12.5. The number of nitrogens with two attached hydrogens (primary N) is 1. The van der Waals surface area contributed by atoms with Crippen LogP contribution < -0.4 is 5.73 Å². The third kappa shape index (κ3) is 2.11. The van der Waals surface area contributed by atoms with Crippen molar-refractivity contribution in [2.24, 2.45) is 5.73 Å². The number of ether oxygens (including phenoxy) is 2. The highest BCUT2D eigenvalue weighted by atomic mass is 16.6. The van der Waals surface area contributed by atoms with Crippen LogP contribution in [0.15, 0.2) is 55.1 Å². The minimum atomic E-state index is -0.869. The Kier molecular flexibility index (Phi) is 2.76. The molecule has 0 aliphatic carbocycles. The van der Waals surface area contributed by atoms with Crippen molar-refractivity contribution in [1.29, 1.82) is 0 Å². The lowest BCUT2D eigenvalue weighted by Gasteiger charge is -2.17. The number of para-hydroxylation sites is 1. The molecule has 6 heteroatoms. The lowest BCUT2D eigenvalue weighted by molar-refractivity contribution is 0.189. The quantitative estimate of drug-likeness (QED) is 0.578. The Labute approximate surface area is 142 Å². The van der Waals surface area contributed by atoms with Gasteiger partial charge in [-0.25, -0.2) is 9.78 Å². The Morgan fingerprint density at radius 3 is 2.96 bits per heavy atom. The summed E-state index contributed by atoms with van der Waals surface area (Å²) in [5.74, 6) is 0.311. The van der Waals surface area contributed by atoms with Crippen LogP contribution in [0.3, 0.4) is 0 Å². The van der Waals surface area contributed by atoms with Crippen LogP contribution in [0.5, 0.6) is 0 Å². The molecule has 1 amide bonds. The van der Waals surface area contributed by atoms with Crippen molar-refractivity contribution in [3.05, 3.63) is 66.2 Å². The van der Waals surface area contributed by atoms with E-state index >= 15 is 0 Å². The number of amides is 1. The van der Waals surface area contributed by atoms with Gasteiger partial charge >= 0.3 is 6.09 Å². The van der Waals surface area contributed by atoms with Gasteiger partial charge in [-0.05, 0) is 18.2 Å². The maximum absolute atomic E-state index is 11.1. The molecule has 5 rings (SSSR count). The average molecular weight is 331 g/mol. The molecule has 0 radical (unpaired) electrons. The SMILES string of the molecule is NC(=O)OC1=COCc2cn3cc4cc5ccccc5nc4c3cc21. The molecule has 2 N–H and O–H groups in total. The fourth-order valence-corrected chi connectivity index (χ4v) is 3.30. The van der Waals surface area contributed by atoms with Crippen molar-refractivity contribution in [3.63, 3.8) is 0 Å². The number of pyridine rings is 2. The number of hydrogen-bond donors (Lipinski definition) is 1. The number of benzene rings is 1. The van der Waals surface area contributed by atoms with Gasteiger partial charge in [0.25, 0.3) is 0 Å². The van der Waals surface area contributed by atoms with Gasteiger partial charge in [0.05, 0.1) is 16.6 Å². The number of fused-ring (bicyclic) bond motifs is 5. The van der Waals surface area contributed by atoms with E-state index in [1.807, 2.05) is 47.1 Å². The maximum Gasteiger partial charge on any atom is 0.410 e. The highest BCUT2D eigenvalue weighted by Crippen LogP contribution is 2.31. The zero-order chi connectivity index (χ0) is 17.0. The van der Waals surface area contributed by atoms with Crippen LogP contribution in [-0.4, -0.2) is 15.5 Å². The van der Waals surface area contributed by atoms with E-state index in [1.54, 1.807) is 0 Å². The van der Waals surface area contributed by atoms with Crippen molar-refractivity contribution in [2.45, 2.75) is 6.61 Å². The van der Waals surface area contributed by atoms with Crippen molar-refractivity contribution >= 4 is 39.2 Å². The molecule has 0 saturated heterocycles. The van der Waals surface area contributed by atoms with Gasteiger partial charge in [0.15, 0.2) is 5.76 Å². The molecule has 1 aromatic carbocycles. The smallest absolute Gasteiger partial charge is 0.410 e. The van der Waals surface area contributed by atoms with Gasteiger partial charge in [-0.3, -0.25) is 0 Å². The lowest BCUT2D eigenvalue weighted by atomic mass is 10.1. The summed E-state index contributed by atoms with van der Waals surface area (Å²) in [5.41, 5.74) is 9.61. The van der Waals surface area contributed by atoms with Crippen LogP contribution in [-0.2, 0) is 16.1 Å². The highest BCUT2D eigenvalue weighted by Gasteiger charge is 2.19. The zero-order valence-corrected chi connectivity index (χ0v) is 13.1. The number of hydrogen-bond acceptors (Lipinski definition) is 4. The molecule has 6 nitrogen and oxygen atoms in total. The number of aromatic nitrogens is 2. The molecular formula is C19H13N3O3. The summed E-state index contributed by atoms with van der Waals surface area (Å²) in [6.07, 6.45) is 4.55. The van der Waals surface area contributed by atoms with E-state index in [0.717, 1.165) is 38.4 Å². The lowest BCUT2D eigenvalue weighted by Crippen LogP contribution is -2.15. The fraction of sp³-hybridized carbons (Fsp3) is 0.0526. The van der Waals surface area contributed by atoms with Crippen molar-refractivity contribution < 1.29 is 14.3 Å². The van der Waals surface area contributed by atoms with Crippen molar-refractivity contribution in [1.82, 2.24) is 9.38 Å². The second-order valence-electron chi connectivity index (χ2n) is 5.97. The van der Waals surface area contributed by atoms with Gasteiger partial charge in [0.1, 0.15) is 12.9 Å². The van der Waals surface area contributed by atoms with Gasteiger partial charge in [0, 0.05) is 34.3 Å². The Morgan fingerprint density at radius 1 is 1.20 bits per heavy atom. The fourth-order valence-electron chi connectivity index (χ4n) is 3.30. The van der Waals surface area contributed by atoms with Crippen LogP contribution in [0.25, 0.3) is 33.1 Å². The first-order chi connectivity index (χ1) is 12.2. The van der Waals surface area contributed by atoms with Gasteiger partial charge < -0.3 is 19.6 Å². The molecule has 4 heterocycles. The minimum Gasteiger partial charge on any atom is -0.493 e. The molecule has 0 bridgehead atoms. The molecule has 4 aromatic rings. The summed E-state index contributed by atoms with van der Waals surface area (Å²) in [6, 6.07) is 12.1. The van der Waals surface area contributed by atoms with E-state index in [9.17, 15) is 4.79 Å². The highest BCUT2D eigenvalue weighted by molar-refractivity contribution is 6.01. The van der Waals surface area contributed by atoms with Gasteiger partial charge in [0.2, 0.25) is 0 Å². The molecule has 0 saturated carbocycles. The predicted octanol–water partition coefficient (Wildman–Crippen LogP) is 3.56. The van der Waals surface area contributed by atoms with Crippen LogP contribution in [0, 0.1) is 0 Å². The molecule has 0 spiro atoms. The second-order valence-corrected chi connectivity index (χ2v) is 5.97. The zero-order valence-electron chi connectivity index (χ0n) is 13.1. The van der Waals surface area contributed by atoms with Gasteiger partial charge in [-0.15, -0.1) is 0 Å². The summed E-state index contributed by atoms with van der Waals surface area (Å²) in [4.78, 5) is 15.9. The van der Waals surface area contributed by atoms with E-state index in [-0.39, 0.29) is 0 Å². The molecule has 0 atom stereocenters. The molecule has 1 aliphatic heterocycles. The Bertz CT molecular complexity index is 1210. The summed E-state index contributed by atoms with van der Waals surface area (Å²) in [7, 11) is 0. The number of carbonyl (C=O) groups excluding carboxylic acids is 1. The second kappa shape index (κ2) is 4.98. The van der Waals surface area contributed by atoms with Crippen LogP contribution in [0.1, 0.15) is 11.1 Å². The van der Waals surface area contributed by atoms with E-state index < -0.39 is 6.09 Å². The monoisotopic (exact) mass is 331 g/mol. The largest absolute Gasteiger partial charge is 0.493 e. The Hall–Kier alpha value is -3.54. The summed E-state index contributed by atoms with van der Waals surface area (Å²) in [6.45, 7) is 0.404. The first kappa shape index (κ1) is 13.9. The first-order valence-corrected chi connectivity index (χ1v) is 7.81. The third-order valence-electron chi connectivity index (χ3n) is 4.38. The molecule has 1 aliphatic rings. The molecule has 0 unspecified atom stereocenters. The Balaban J connectivity index is 1.80. The van der Waals surface area contributed by atoms with Crippen LogP contribution in [0.2, 0.25) is 0 Å². The maximum atomic E-state index is 11.1. The number of nitrogens with zero attached hydrogens (tertiary/aromatic N) is 2. The van der Waals surface area contributed by atoms with Crippen LogP contribution >= 0.6 is 0 Å². The van der Waals surface area contributed by atoms with Crippen molar-refractivity contribution in [3.8, 4) is 0 Å². The van der Waals surface area contributed by atoms with E-state index in [1.165, 1.54) is 6.26 Å². The van der Waals surface area contributed by atoms with Crippen molar-refractivity contribution in [2.75, 3.05) is 0 Å². The molecule has 25 heavy (non-hydrogen) atoms. The predicted molar refractivity (Wildman–Crippen MR) is 93.6 cm³/mol. The van der Waals surface area contributed by atoms with Crippen LogP contribution in [0.4, 0.5) is 4.79 Å². The molecular weight excluding hydrogens is 318 g/mol. The Morgan fingerprint density at radius 2 is 2.08 bits per heavy atom. The number of rotatable bonds is 1. The van der Waals surface area contributed by atoms with E-state index in [4.69, 9.17) is 20.2 Å². The molecule has 122 valence electrons. The average Bonchev–Trinajstić information content (AvgIpc) is 2.94. The first-order valence-electron chi connectivity index (χ1n) is 7.81. The summed E-state index contributed by atoms with van der Waals surface area (Å²) >= 11 is 0. The van der Waals surface area contributed by atoms with E-state index in [0.29, 0.717) is 12.4 Å².